The Bertz CT molecular complexity index is 188. The number of hydrogen-bond acceptors (Lipinski definition) is 3. The first kappa shape index (κ1) is 13.8. The van der Waals surface area contributed by atoms with Crippen LogP contribution in [0.4, 0.5) is 0 Å². The van der Waals surface area contributed by atoms with Crippen LogP contribution in [0.5, 0.6) is 0 Å². The molecule has 0 saturated carbocycles. The van der Waals surface area contributed by atoms with Crippen LogP contribution in [0.1, 0.15) is 40.5 Å². The first-order chi connectivity index (χ1) is 6.58. The van der Waals surface area contributed by atoms with Crippen molar-refractivity contribution in [3.8, 4) is 6.07 Å². The molecule has 14 heavy (non-hydrogen) atoms. The second-order valence-corrected chi connectivity index (χ2v) is 5.33. The lowest BCUT2D eigenvalue weighted by atomic mass is 10.1. The van der Waals surface area contributed by atoms with Gasteiger partial charge in [-0.05, 0) is 26.3 Å². The lowest BCUT2D eigenvalue weighted by Crippen LogP contribution is -2.44. The lowest BCUT2D eigenvalue weighted by molar-refractivity contribution is 0.493. The highest BCUT2D eigenvalue weighted by atomic mass is 32.2. The second kappa shape index (κ2) is 7.14. The molecule has 3 heteroatoms. The molecule has 0 heterocycles. The monoisotopic (exact) mass is 214 g/mol. The van der Waals surface area contributed by atoms with Crippen LogP contribution in [0, 0.1) is 11.3 Å². The molecule has 0 aliphatic rings. The van der Waals surface area contributed by atoms with Crippen LogP contribution in [0.2, 0.25) is 0 Å². The summed E-state index contributed by atoms with van der Waals surface area (Å²) in [7, 11) is 0. The zero-order chi connectivity index (χ0) is 11.0. The minimum atomic E-state index is -0.357. The molecule has 2 unspecified atom stereocenters. The van der Waals surface area contributed by atoms with E-state index in [4.69, 9.17) is 5.26 Å². The van der Waals surface area contributed by atoms with E-state index in [1.165, 1.54) is 6.42 Å². The summed E-state index contributed by atoms with van der Waals surface area (Å²) in [4.78, 5) is 0. The zero-order valence-corrected chi connectivity index (χ0v) is 10.6. The van der Waals surface area contributed by atoms with E-state index in [1.807, 2.05) is 18.7 Å². The first-order valence-electron chi connectivity index (χ1n) is 5.35. The first-order valence-corrected chi connectivity index (χ1v) is 6.40. The van der Waals surface area contributed by atoms with E-state index in [1.54, 1.807) is 0 Å². The molecule has 0 amide bonds. The van der Waals surface area contributed by atoms with Crippen LogP contribution in [-0.2, 0) is 0 Å². The Balaban J connectivity index is 3.94. The summed E-state index contributed by atoms with van der Waals surface area (Å²) in [6, 6.07) is 2.36. The minimum Gasteiger partial charge on any atom is -0.299 e. The van der Waals surface area contributed by atoms with Gasteiger partial charge in [0.25, 0.3) is 0 Å². The maximum Gasteiger partial charge on any atom is 0.113 e. The van der Waals surface area contributed by atoms with Crippen LogP contribution < -0.4 is 5.32 Å². The molecule has 0 aliphatic heterocycles. The molecular weight excluding hydrogens is 192 g/mol. The zero-order valence-electron chi connectivity index (χ0n) is 9.76. The van der Waals surface area contributed by atoms with Gasteiger partial charge < -0.3 is 0 Å². The van der Waals surface area contributed by atoms with Gasteiger partial charge in [-0.25, -0.2) is 0 Å². The smallest absolute Gasteiger partial charge is 0.113 e. The Kier molecular flexibility index (Phi) is 7.04. The number of nitrogens with zero attached hydrogens (tertiary/aromatic N) is 1. The number of nitrogens with one attached hydrogen (secondary N) is 1. The third kappa shape index (κ3) is 5.51. The summed E-state index contributed by atoms with van der Waals surface area (Å²) in [5, 5.41) is 13.0. The average Bonchev–Trinajstić information content (AvgIpc) is 2.23. The normalized spacial score (nSPS) is 17.1. The van der Waals surface area contributed by atoms with Gasteiger partial charge in [0.05, 0.1) is 6.07 Å². The highest BCUT2D eigenvalue weighted by molar-refractivity contribution is 7.99. The molecule has 0 aromatic carbocycles. The quantitative estimate of drug-likeness (QED) is 0.708. The highest BCUT2D eigenvalue weighted by Gasteiger charge is 2.23. The van der Waals surface area contributed by atoms with Crippen LogP contribution in [0.25, 0.3) is 0 Å². The highest BCUT2D eigenvalue weighted by Crippen LogP contribution is 2.19. The molecule has 1 N–H and O–H groups in total. The number of nitriles is 1. The van der Waals surface area contributed by atoms with E-state index >= 15 is 0 Å². The van der Waals surface area contributed by atoms with Crippen LogP contribution in [0.3, 0.4) is 0 Å². The molecule has 0 aromatic heterocycles. The SMILES string of the molecule is CCCNC(C)(C#N)CSC(C)CC. The Hall–Kier alpha value is -0.200. The molecule has 0 aliphatic carbocycles. The van der Waals surface area contributed by atoms with Crippen molar-refractivity contribution >= 4 is 11.8 Å². The molecular formula is C11H22N2S. The van der Waals surface area contributed by atoms with Crippen molar-refractivity contribution < 1.29 is 0 Å². The molecule has 0 saturated heterocycles. The second-order valence-electron chi connectivity index (χ2n) is 3.90. The van der Waals surface area contributed by atoms with Crippen molar-refractivity contribution in [1.82, 2.24) is 5.32 Å². The number of hydrogen-bond donors (Lipinski definition) is 1. The van der Waals surface area contributed by atoms with Gasteiger partial charge in [0.2, 0.25) is 0 Å². The van der Waals surface area contributed by atoms with Crippen molar-refractivity contribution in [2.45, 2.75) is 51.3 Å². The Morgan fingerprint density at radius 1 is 1.50 bits per heavy atom. The summed E-state index contributed by atoms with van der Waals surface area (Å²) in [5.74, 6) is 0.874. The van der Waals surface area contributed by atoms with Crippen molar-refractivity contribution in [3.63, 3.8) is 0 Å². The third-order valence-electron chi connectivity index (χ3n) is 2.24. The Labute approximate surface area is 92.5 Å². The molecule has 0 radical (unpaired) electrons. The fourth-order valence-corrected chi connectivity index (χ4v) is 1.97. The van der Waals surface area contributed by atoms with E-state index in [2.05, 4.69) is 32.2 Å². The van der Waals surface area contributed by atoms with Crippen LogP contribution in [0.15, 0.2) is 0 Å². The van der Waals surface area contributed by atoms with Gasteiger partial charge in [-0.1, -0.05) is 20.8 Å². The van der Waals surface area contributed by atoms with Gasteiger partial charge >= 0.3 is 0 Å². The standard InChI is InChI=1S/C11H22N2S/c1-5-7-13-11(4,8-12)9-14-10(3)6-2/h10,13H,5-7,9H2,1-4H3. The molecule has 0 spiro atoms. The summed E-state index contributed by atoms with van der Waals surface area (Å²) >= 11 is 1.87. The molecule has 0 aromatic rings. The summed E-state index contributed by atoms with van der Waals surface area (Å²) in [6.45, 7) is 9.42. The average molecular weight is 214 g/mol. The van der Waals surface area contributed by atoms with Crippen molar-refractivity contribution in [2.24, 2.45) is 0 Å². The van der Waals surface area contributed by atoms with Crippen molar-refractivity contribution in [3.05, 3.63) is 0 Å². The molecule has 2 atom stereocenters. The third-order valence-corrected chi connectivity index (χ3v) is 3.89. The Morgan fingerprint density at radius 2 is 2.14 bits per heavy atom. The predicted octanol–water partition coefficient (Wildman–Crippen LogP) is 2.80. The molecule has 0 fully saturated rings. The fraction of sp³-hybridized carbons (Fsp3) is 0.909. The maximum atomic E-state index is 9.07. The number of rotatable bonds is 7. The fourth-order valence-electron chi connectivity index (χ4n) is 0.950. The summed E-state index contributed by atoms with van der Waals surface area (Å²) < 4.78 is 0. The summed E-state index contributed by atoms with van der Waals surface area (Å²) in [6.07, 6.45) is 2.24. The van der Waals surface area contributed by atoms with Crippen molar-refractivity contribution in [1.29, 1.82) is 5.26 Å². The minimum absolute atomic E-state index is 0.357. The summed E-state index contributed by atoms with van der Waals surface area (Å²) in [5.41, 5.74) is -0.357. The topological polar surface area (TPSA) is 35.8 Å². The largest absolute Gasteiger partial charge is 0.299 e. The Morgan fingerprint density at radius 3 is 2.57 bits per heavy atom. The van der Waals surface area contributed by atoms with Gasteiger partial charge in [0.15, 0.2) is 0 Å². The van der Waals surface area contributed by atoms with E-state index in [-0.39, 0.29) is 5.54 Å². The maximum absolute atomic E-state index is 9.07. The van der Waals surface area contributed by atoms with Gasteiger partial charge in [0.1, 0.15) is 5.54 Å². The predicted molar refractivity (Wildman–Crippen MR) is 64.5 cm³/mol. The van der Waals surface area contributed by atoms with E-state index in [9.17, 15) is 0 Å². The molecule has 82 valence electrons. The van der Waals surface area contributed by atoms with Crippen molar-refractivity contribution in [2.75, 3.05) is 12.3 Å². The van der Waals surface area contributed by atoms with Crippen LogP contribution in [-0.4, -0.2) is 23.1 Å². The molecule has 0 rings (SSSR count). The van der Waals surface area contributed by atoms with E-state index in [0.717, 1.165) is 18.7 Å². The van der Waals surface area contributed by atoms with E-state index < -0.39 is 0 Å². The van der Waals surface area contributed by atoms with Crippen LogP contribution >= 0.6 is 11.8 Å². The molecule has 0 bridgehead atoms. The lowest BCUT2D eigenvalue weighted by Gasteiger charge is -2.24. The van der Waals surface area contributed by atoms with Gasteiger partial charge in [0, 0.05) is 11.0 Å². The van der Waals surface area contributed by atoms with E-state index in [0.29, 0.717) is 5.25 Å². The van der Waals surface area contributed by atoms with Gasteiger partial charge in [-0.3, -0.25) is 5.32 Å². The number of thioether (sulfide) groups is 1. The van der Waals surface area contributed by atoms with Gasteiger partial charge in [-0.15, -0.1) is 0 Å². The molecule has 2 nitrogen and oxygen atoms in total. The van der Waals surface area contributed by atoms with Gasteiger partial charge in [-0.2, -0.15) is 17.0 Å².